The van der Waals surface area contributed by atoms with Gasteiger partial charge in [-0.1, -0.05) is 11.6 Å². The molecule has 1 aromatic carbocycles. The summed E-state index contributed by atoms with van der Waals surface area (Å²) in [4.78, 5) is 26.8. The highest BCUT2D eigenvalue weighted by Gasteiger charge is 2.14. The number of aromatic nitrogens is 3. The molecule has 1 amide bonds. The third-order valence-corrected chi connectivity index (χ3v) is 4.41. The van der Waals surface area contributed by atoms with Crippen molar-refractivity contribution in [1.29, 1.82) is 0 Å². The molecule has 0 aliphatic carbocycles. The average molecular weight is 398 g/mol. The number of carbonyl (C=O) groups is 1. The average Bonchev–Trinajstić information content (AvgIpc) is 2.72. The van der Waals surface area contributed by atoms with Gasteiger partial charge < -0.3 is 15.0 Å². The van der Waals surface area contributed by atoms with Gasteiger partial charge in [-0.2, -0.15) is 0 Å². The highest BCUT2D eigenvalue weighted by molar-refractivity contribution is 6.32. The maximum Gasteiger partial charge on any atom is 0.272 e. The zero-order valence-electron chi connectivity index (χ0n) is 15.6. The van der Waals surface area contributed by atoms with Crippen LogP contribution in [0.1, 0.15) is 16.1 Å². The second kappa shape index (κ2) is 9.14. The normalized spacial score (nSPS) is 10.4. The zero-order chi connectivity index (χ0) is 19.9. The molecular weight excluding hydrogens is 378 g/mol. The minimum atomic E-state index is -0.174. The third kappa shape index (κ3) is 4.95. The van der Waals surface area contributed by atoms with Crippen LogP contribution in [0.15, 0.2) is 55.0 Å². The van der Waals surface area contributed by atoms with Crippen LogP contribution >= 0.6 is 11.6 Å². The van der Waals surface area contributed by atoms with Crippen LogP contribution in [0.4, 0.5) is 11.6 Å². The predicted octanol–water partition coefficient (Wildman–Crippen LogP) is 3.59. The van der Waals surface area contributed by atoms with E-state index in [2.05, 4.69) is 20.3 Å². The van der Waals surface area contributed by atoms with E-state index < -0.39 is 0 Å². The topological polar surface area (TPSA) is 80.2 Å². The number of likely N-dealkylation sites (N-methyl/N-ethyl adjacent to an activating group) is 1. The van der Waals surface area contributed by atoms with E-state index >= 15 is 0 Å². The van der Waals surface area contributed by atoms with Gasteiger partial charge >= 0.3 is 0 Å². The Morgan fingerprint density at radius 3 is 2.68 bits per heavy atom. The van der Waals surface area contributed by atoms with Gasteiger partial charge in [0.15, 0.2) is 0 Å². The van der Waals surface area contributed by atoms with Crippen LogP contribution < -0.4 is 10.1 Å². The van der Waals surface area contributed by atoms with E-state index in [1.807, 2.05) is 12.1 Å². The summed E-state index contributed by atoms with van der Waals surface area (Å²) in [5.41, 5.74) is 2.13. The highest BCUT2D eigenvalue weighted by Crippen LogP contribution is 2.28. The number of carbonyl (C=O) groups excluding carboxylic acids is 1. The molecule has 0 bridgehead atoms. The summed E-state index contributed by atoms with van der Waals surface area (Å²) in [5, 5.41) is 3.52. The van der Waals surface area contributed by atoms with Crippen LogP contribution in [0.25, 0.3) is 0 Å². The molecule has 7 nitrogen and oxygen atoms in total. The second-order valence-electron chi connectivity index (χ2n) is 6.07. The number of nitrogens with zero attached hydrogens (tertiary/aromatic N) is 4. The molecule has 0 fully saturated rings. The third-order valence-electron chi connectivity index (χ3n) is 4.11. The minimum Gasteiger partial charge on any atom is -0.495 e. The molecule has 0 saturated carbocycles. The fourth-order valence-electron chi connectivity index (χ4n) is 2.55. The van der Waals surface area contributed by atoms with Crippen molar-refractivity contribution < 1.29 is 9.53 Å². The summed E-state index contributed by atoms with van der Waals surface area (Å²) < 4.78 is 5.14. The van der Waals surface area contributed by atoms with Crippen LogP contribution in [-0.2, 0) is 6.42 Å². The molecule has 0 aliphatic heterocycles. The molecule has 28 heavy (non-hydrogen) atoms. The first kappa shape index (κ1) is 19.6. The molecule has 0 aliphatic rings. The van der Waals surface area contributed by atoms with Gasteiger partial charge in [0, 0.05) is 37.9 Å². The monoisotopic (exact) mass is 397 g/mol. The lowest BCUT2D eigenvalue weighted by Crippen LogP contribution is -2.29. The molecule has 3 aromatic rings. The first-order valence-corrected chi connectivity index (χ1v) is 9.02. The molecular formula is C20H20ClN5O2. The van der Waals surface area contributed by atoms with E-state index in [0.29, 0.717) is 34.6 Å². The molecule has 0 radical (unpaired) electrons. The largest absolute Gasteiger partial charge is 0.495 e. The Balaban J connectivity index is 1.66. The molecule has 0 saturated heterocycles. The summed E-state index contributed by atoms with van der Waals surface area (Å²) in [6.07, 6.45) is 5.77. The van der Waals surface area contributed by atoms with Crippen molar-refractivity contribution in [1.82, 2.24) is 19.9 Å². The summed E-state index contributed by atoms with van der Waals surface area (Å²) in [6, 6.07) is 10.7. The summed E-state index contributed by atoms with van der Waals surface area (Å²) in [7, 11) is 3.31. The van der Waals surface area contributed by atoms with Crippen molar-refractivity contribution in [2.24, 2.45) is 0 Å². The van der Waals surface area contributed by atoms with Crippen LogP contribution in [-0.4, -0.2) is 46.5 Å². The first-order valence-electron chi connectivity index (χ1n) is 8.65. The summed E-state index contributed by atoms with van der Waals surface area (Å²) >= 11 is 6.13. The van der Waals surface area contributed by atoms with Crippen LogP contribution in [0.3, 0.4) is 0 Å². The predicted molar refractivity (Wildman–Crippen MR) is 108 cm³/mol. The molecule has 0 atom stereocenters. The highest BCUT2D eigenvalue weighted by atomic mass is 35.5. The molecule has 2 aromatic heterocycles. The number of nitrogens with one attached hydrogen (secondary N) is 1. The van der Waals surface area contributed by atoms with Gasteiger partial charge in [0.25, 0.3) is 5.91 Å². The van der Waals surface area contributed by atoms with E-state index in [-0.39, 0.29) is 5.91 Å². The Morgan fingerprint density at radius 1 is 1.18 bits per heavy atom. The van der Waals surface area contributed by atoms with Crippen molar-refractivity contribution in [3.05, 3.63) is 71.3 Å². The van der Waals surface area contributed by atoms with Crippen molar-refractivity contribution in [2.45, 2.75) is 6.42 Å². The van der Waals surface area contributed by atoms with Gasteiger partial charge in [-0.15, -0.1) is 0 Å². The quantitative estimate of drug-likeness (QED) is 0.656. The number of hydrogen-bond acceptors (Lipinski definition) is 6. The number of rotatable bonds is 7. The first-order chi connectivity index (χ1) is 13.6. The number of methoxy groups -OCH3 is 1. The van der Waals surface area contributed by atoms with Gasteiger partial charge in [-0.05, 0) is 48.4 Å². The number of anilines is 2. The van der Waals surface area contributed by atoms with Crippen LogP contribution in [0.5, 0.6) is 5.75 Å². The van der Waals surface area contributed by atoms with Crippen LogP contribution in [0, 0.1) is 0 Å². The van der Waals surface area contributed by atoms with E-state index in [1.54, 1.807) is 61.9 Å². The van der Waals surface area contributed by atoms with Crippen molar-refractivity contribution >= 4 is 29.1 Å². The lowest BCUT2D eigenvalue weighted by molar-refractivity contribution is 0.0791. The molecule has 0 spiro atoms. The minimum absolute atomic E-state index is 0.174. The van der Waals surface area contributed by atoms with Gasteiger partial charge in [-0.3, -0.25) is 9.78 Å². The Kier molecular flexibility index (Phi) is 6.39. The Hall–Kier alpha value is -3.19. The maximum absolute atomic E-state index is 12.7. The molecule has 144 valence electrons. The van der Waals surface area contributed by atoms with Gasteiger partial charge in [0.05, 0.1) is 12.1 Å². The molecule has 2 heterocycles. The summed E-state index contributed by atoms with van der Waals surface area (Å²) in [5.74, 6) is 0.717. The van der Waals surface area contributed by atoms with E-state index in [4.69, 9.17) is 16.3 Å². The van der Waals surface area contributed by atoms with Crippen LogP contribution in [0.2, 0.25) is 5.02 Å². The number of ether oxygens (including phenoxy) is 1. The Labute approximate surface area is 168 Å². The van der Waals surface area contributed by atoms with Crippen molar-refractivity contribution in [3.8, 4) is 5.75 Å². The Bertz CT molecular complexity index is 952. The molecule has 1 N–H and O–H groups in total. The fourth-order valence-corrected chi connectivity index (χ4v) is 2.81. The lowest BCUT2D eigenvalue weighted by Gasteiger charge is -2.17. The smallest absolute Gasteiger partial charge is 0.272 e. The number of halogens is 1. The van der Waals surface area contributed by atoms with Gasteiger partial charge in [0.1, 0.15) is 11.4 Å². The van der Waals surface area contributed by atoms with Gasteiger partial charge in [0.2, 0.25) is 5.95 Å². The number of benzene rings is 1. The van der Waals surface area contributed by atoms with E-state index in [1.165, 1.54) is 0 Å². The van der Waals surface area contributed by atoms with Crippen molar-refractivity contribution in [3.63, 3.8) is 0 Å². The molecule has 0 unspecified atom stereocenters. The molecule has 8 heteroatoms. The molecule has 3 rings (SSSR count). The fraction of sp³-hybridized carbons (Fsp3) is 0.200. The standard InChI is InChI=1S/C20H20ClN5O2/c1-26(12-8-14-5-9-22-10-6-14)19(27)17-7-11-23-20(25-17)24-15-3-4-18(28-2)16(21)13-15/h3-7,9-11,13H,8,12H2,1-2H3,(H,23,24,25). The van der Waals surface area contributed by atoms with E-state index in [0.717, 1.165) is 12.0 Å². The lowest BCUT2D eigenvalue weighted by atomic mass is 10.2. The number of hydrogen-bond donors (Lipinski definition) is 1. The summed E-state index contributed by atoms with van der Waals surface area (Å²) in [6.45, 7) is 0.573. The van der Waals surface area contributed by atoms with Gasteiger partial charge in [-0.25, -0.2) is 9.97 Å². The van der Waals surface area contributed by atoms with Crippen molar-refractivity contribution in [2.75, 3.05) is 26.0 Å². The SMILES string of the molecule is COc1ccc(Nc2nccc(C(=O)N(C)CCc3ccncc3)n2)cc1Cl. The zero-order valence-corrected chi connectivity index (χ0v) is 16.3. The Morgan fingerprint density at radius 2 is 1.96 bits per heavy atom. The number of amides is 1. The second-order valence-corrected chi connectivity index (χ2v) is 6.48. The number of pyridine rings is 1. The maximum atomic E-state index is 12.7. The van der Waals surface area contributed by atoms with E-state index in [9.17, 15) is 4.79 Å².